The van der Waals surface area contributed by atoms with Crippen molar-refractivity contribution < 1.29 is 142 Å². The summed E-state index contributed by atoms with van der Waals surface area (Å²) in [5.74, 6) is 3.03. The Kier molecular flexibility index (Phi) is 17.6. The summed E-state index contributed by atoms with van der Waals surface area (Å²) < 4.78 is 23.4. The predicted molar refractivity (Wildman–Crippen MR) is 284 cm³/mol. The van der Waals surface area contributed by atoms with Gasteiger partial charge >= 0.3 is 0 Å². The minimum atomic E-state index is -0.833. The number of aliphatic hydroxyl groups is 1. The van der Waals surface area contributed by atoms with Crippen molar-refractivity contribution in [3.63, 3.8) is 0 Å². The average molecular weight is 1510 g/mol. The number of aliphatic hydroxyl groups excluding tert-OH is 1. The van der Waals surface area contributed by atoms with Crippen molar-refractivity contribution in [1.82, 2.24) is 30.2 Å². The average Bonchev–Trinajstić information content (AvgIpc) is 4.01. The first-order valence-electron chi connectivity index (χ1n) is 27.4. The first kappa shape index (κ1) is 60.0. The second-order valence-corrected chi connectivity index (χ2v) is 22.7. The van der Waals surface area contributed by atoms with Crippen molar-refractivity contribution in [3.8, 4) is 52.1 Å². The largest absolute Gasteiger partial charge is 0.507 e. The number of aryl methyl sites for hydroxylation is 2. The fourth-order valence-electron chi connectivity index (χ4n) is 14.7. The summed E-state index contributed by atoms with van der Waals surface area (Å²) in [5, 5.41) is 74.4. The maximum atomic E-state index is 12.6. The number of likely N-dealkylation sites (N-methyl/N-ethyl adjacent to an activating group) is 2. The number of phenols is 4. The summed E-state index contributed by atoms with van der Waals surface area (Å²) in [6.07, 6.45) is 3.60. The van der Waals surface area contributed by atoms with Gasteiger partial charge in [0.25, 0.3) is 0 Å². The van der Waals surface area contributed by atoms with Crippen LogP contribution in [0.3, 0.4) is 0 Å². The Hall–Kier alpha value is -3.61. The zero-order chi connectivity index (χ0) is 54.8. The summed E-state index contributed by atoms with van der Waals surface area (Å²) >= 11 is 0. The number of ether oxygens (including phenoxy) is 4. The number of piperazine rings is 2. The van der Waals surface area contributed by atoms with Gasteiger partial charge in [0.2, 0.25) is 25.4 Å². The smallest absolute Gasteiger partial charge is 0.231 e. The van der Waals surface area contributed by atoms with Gasteiger partial charge in [0, 0.05) is 177 Å². The van der Waals surface area contributed by atoms with Crippen molar-refractivity contribution in [2.24, 2.45) is 0 Å². The van der Waals surface area contributed by atoms with Crippen molar-refractivity contribution >= 4 is 11.8 Å². The number of hydrogen-bond acceptors (Lipinski definition) is 16. The number of rotatable bonds is 8. The van der Waals surface area contributed by atoms with E-state index in [0.717, 1.165) is 79.6 Å². The quantitative estimate of drug-likeness (QED) is 0.103. The summed E-state index contributed by atoms with van der Waals surface area (Å²) in [5.41, 5.74) is 12.0. The van der Waals surface area contributed by atoms with Crippen molar-refractivity contribution in [1.29, 1.82) is 5.26 Å². The van der Waals surface area contributed by atoms with E-state index in [1.165, 1.54) is 0 Å². The summed E-state index contributed by atoms with van der Waals surface area (Å²) in [6, 6.07) is 4.35. The van der Waals surface area contributed by atoms with Gasteiger partial charge in [-0.15, -0.1) is 0 Å². The Balaban J connectivity index is 0.000000187. The number of nitriles is 1. The zero-order valence-corrected chi connectivity index (χ0v) is 56.5. The molecule has 8 aliphatic heterocycles. The van der Waals surface area contributed by atoms with Crippen molar-refractivity contribution in [2.45, 2.75) is 167 Å². The Labute approximate surface area is 534 Å². The number of phenolic OH excluding ortho intramolecular Hbond substituents is 4. The molecule has 2 amide bonds. The zero-order valence-electron chi connectivity index (χ0n) is 47.0. The third-order valence-electron chi connectivity index (χ3n) is 18.7. The number of nitrogens with zero attached hydrogens (tertiary/aromatic N) is 5. The van der Waals surface area contributed by atoms with Gasteiger partial charge in [-0.3, -0.25) is 29.2 Å². The number of carbonyl (C=O) groups excluding carboxylic acids is 2. The second kappa shape index (κ2) is 23.2. The number of hydrogen-bond donors (Lipinski definition) is 7. The molecule has 8 heterocycles. The Morgan fingerprint density at radius 3 is 1.43 bits per heavy atom. The van der Waals surface area contributed by atoms with Gasteiger partial charge < -0.3 is 55.1 Å². The van der Waals surface area contributed by atoms with Gasteiger partial charge in [-0.05, 0) is 128 Å². The first-order valence-corrected chi connectivity index (χ1v) is 27.4. The van der Waals surface area contributed by atoms with E-state index in [4.69, 9.17) is 18.9 Å². The van der Waals surface area contributed by atoms with E-state index in [-0.39, 0.29) is 174 Å². The Bertz CT molecular complexity index is 3170. The molecule has 20 heteroatoms. The normalized spacial score (nSPS) is 26.5. The molecule has 4 bridgehead atoms. The van der Waals surface area contributed by atoms with E-state index in [1.54, 1.807) is 0 Å². The second-order valence-electron chi connectivity index (χ2n) is 22.7. The fourth-order valence-corrected chi connectivity index (χ4v) is 14.7. The van der Waals surface area contributed by atoms with Crippen LogP contribution in [0.15, 0.2) is 12.1 Å². The number of fused-ring (bicyclic) bond motifs is 18. The summed E-state index contributed by atoms with van der Waals surface area (Å²) in [6.45, 7) is 16.1. The van der Waals surface area contributed by atoms with Gasteiger partial charge in [0.1, 0.15) is 35.3 Å². The number of benzene rings is 4. The minimum absolute atomic E-state index is 0. The molecule has 0 spiro atoms. The molecule has 79 heavy (non-hydrogen) atoms. The van der Waals surface area contributed by atoms with Gasteiger partial charge in [-0.2, -0.15) is 5.26 Å². The van der Waals surface area contributed by atoms with E-state index >= 15 is 0 Å². The molecule has 4 aromatic rings. The maximum absolute atomic E-state index is 12.6. The fraction of sp³-hybridized carbons (Fsp3) is 0.542. The van der Waals surface area contributed by atoms with Gasteiger partial charge in [-0.25, -0.2) is 0 Å². The molecular weight excluding hydrogens is 1440 g/mol. The van der Waals surface area contributed by atoms with Gasteiger partial charge in [0.15, 0.2) is 23.0 Å². The Morgan fingerprint density at radius 1 is 0.582 bits per heavy atom. The molecule has 0 aliphatic carbocycles. The monoisotopic (exact) mass is 1510 g/mol. The molecule has 7 N–H and O–H groups in total. The number of aromatic hydroxyl groups is 4. The molecule has 2 saturated heterocycles. The van der Waals surface area contributed by atoms with Crippen LogP contribution in [0.5, 0.6) is 46.0 Å². The molecule has 0 saturated carbocycles. The molecule has 2 fully saturated rings. The third kappa shape index (κ3) is 9.52. The van der Waals surface area contributed by atoms with E-state index in [9.17, 15) is 40.4 Å². The van der Waals surface area contributed by atoms with Crippen LogP contribution in [-0.4, -0.2) is 134 Å². The molecule has 18 nitrogen and oxygen atoms in total. The van der Waals surface area contributed by atoms with Gasteiger partial charge in [-0.1, -0.05) is 26.0 Å². The first-order chi connectivity index (χ1) is 36.8. The third-order valence-corrected chi connectivity index (χ3v) is 18.7. The van der Waals surface area contributed by atoms with Crippen molar-refractivity contribution in [3.05, 3.63) is 90.0 Å². The minimum Gasteiger partial charge on any atom is -0.507 e. The van der Waals surface area contributed by atoms with E-state index < -0.39 is 24.4 Å². The van der Waals surface area contributed by atoms with Crippen LogP contribution >= 0.6 is 0 Å². The maximum Gasteiger partial charge on any atom is 0.231 e. The van der Waals surface area contributed by atoms with Crippen LogP contribution in [0.4, 0.5) is 0 Å². The molecular formula is C59H73Ac2N7O11. The van der Waals surface area contributed by atoms with E-state index in [2.05, 4.69) is 48.4 Å². The number of amides is 2. The summed E-state index contributed by atoms with van der Waals surface area (Å²) in [4.78, 5) is 33.9. The summed E-state index contributed by atoms with van der Waals surface area (Å²) in [7, 11) is 4.04. The number of nitrogens with one attached hydrogen (secondary N) is 2. The molecule has 4 aromatic carbocycles. The molecule has 12 rings (SSSR count). The van der Waals surface area contributed by atoms with Gasteiger partial charge in [0.05, 0.1) is 36.3 Å². The van der Waals surface area contributed by atoms with E-state index in [0.29, 0.717) is 84.1 Å². The topological polar surface area (TPSA) is 233 Å². The number of carbonyl (C=O) groups is 2. The molecule has 10 atom stereocenters. The van der Waals surface area contributed by atoms with E-state index in [1.807, 2.05) is 69.5 Å². The Morgan fingerprint density at radius 2 is 0.987 bits per heavy atom. The molecule has 8 aliphatic rings. The molecule has 2 radical (unpaired) electrons. The molecule has 3 unspecified atom stereocenters. The van der Waals surface area contributed by atoms with Crippen LogP contribution < -0.4 is 29.6 Å². The van der Waals surface area contributed by atoms with Crippen LogP contribution in [0.25, 0.3) is 0 Å². The SMILES string of the molecule is CCCC(=O)NC[C@H]1c2c(c(O)c(C)c3c2OCO3)CC2[C@H]3c4c(cc(C)c(C)c4O)C[C@@H](C(O)N21)N3C.CCCC(=O)NC[C@H]1c2c(c(O)c(C)c3c2OCO3)CC2[C@H]3c4c(cc(C)c(C)c4O)C[C@@H]([C@H](C#N)N21)N3C.[Ac].[Ac]. The van der Waals surface area contributed by atoms with Crippen LogP contribution in [0, 0.1) is 141 Å². The van der Waals surface area contributed by atoms with Crippen LogP contribution in [0.2, 0.25) is 0 Å². The molecule has 0 aromatic heterocycles. The predicted octanol–water partition coefficient (Wildman–Crippen LogP) is 6.31. The standard InChI is InChI=1S/C30H36N4O5.C29H37N3O6.2Ac/c1-6-7-23(35)32-12-22-25-18(27(36)16(4)29-30(25)39-13-38-29)10-20-26-24-17(8-14(2)15(3)28(24)37)9-19(33(26)5)21(11-31)34(20)22;1-6-7-21(33)30-11-20-23-17(25(34)15(4)27-28(23)38-12-37-27)10-18-24-22-16(8-13(2)14(3)26(22)35)9-19(31(24)5)29(36)32(18)20;;/h8,19-22,26,36-37H,6-7,9-10,12-13H2,1-5H3,(H,32,35);8,18-20,24,29,34-36H,6-7,9-12H2,1-5H3,(H,30,33);;/t19-,20?,21-,22-,26-;18?,19-,20-,24-,29?;;/m00../s1. The van der Waals surface area contributed by atoms with Crippen LogP contribution in [-0.2, 0) is 35.3 Å². The van der Waals surface area contributed by atoms with Crippen LogP contribution in [0.1, 0.15) is 142 Å². The molecule has 416 valence electrons. The van der Waals surface area contributed by atoms with Crippen molar-refractivity contribution in [2.75, 3.05) is 40.8 Å².